The summed E-state index contributed by atoms with van der Waals surface area (Å²) in [5.41, 5.74) is 3.89. The van der Waals surface area contributed by atoms with Crippen molar-refractivity contribution in [1.82, 2.24) is 0 Å². The number of hydrogen-bond donors (Lipinski definition) is 0. The lowest BCUT2D eigenvalue weighted by Crippen LogP contribution is -2.45. The Kier molecular flexibility index (Phi) is 5.64. The van der Waals surface area contributed by atoms with E-state index in [0.29, 0.717) is 21.3 Å². The zero-order chi connectivity index (χ0) is 19.8. The van der Waals surface area contributed by atoms with Crippen molar-refractivity contribution in [2.75, 3.05) is 11.4 Å². The van der Waals surface area contributed by atoms with Gasteiger partial charge in [0, 0.05) is 29.6 Å². The SMILES string of the molecule is CCCN1c2cc(F)c(C=Nc3cccc(Cl)c3Cl)cc2C(C)=CC1(C)C. The highest BCUT2D eigenvalue weighted by Gasteiger charge is 2.31. The van der Waals surface area contributed by atoms with Crippen LogP contribution in [0.5, 0.6) is 0 Å². The zero-order valence-corrected chi connectivity index (χ0v) is 17.5. The lowest BCUT2D eigenvalue weighted by molar-refractivity contribution is 0.546. The summed E-state index contributed by atoms with van der Waals surface area (Å²) in [7, 11) is 0. The Morgan fingerprint density at radius 3 is 2.67 bits per heavy atom. The lowest BCUT2D eigenvalue weighted by atomic mass is 9.87. The van der Waals surface area contributed by atoms with Crippen LogP contribution in [-0.2, 0) is 0 Å². The first-order valence-electron chi connectivity index (χ1n) is 9.03. The fourth-order valence-electron chi connectivity index (χ4n) is 3.58. The first kappa shape index (κ1) is 19.9. The maximum Gasteiger partial charge on any atom is 0.134 e. The normalized spacial score (nSPS) is 15.8. The van der Waals surface area contributed by atoms with Crippen LogP contribution < -0.4 is 4.90 Å². The van der Waals surface area contributed by atoms with Gasteiger partial charge in [-0.05, 0) is 57.0 Å². The number of anilines is 1. The van der Waals surface area contributed by atoms with Gasteiger partial charge in [0.15, 0.2) is 0 Å². The highest BCUT2D eigenvalue weighted by atomic mass is 35.5. The smallest absolute Gasteiger partial charge is 0.134 e. The second-order valence-electron chi connectivity index (χ2n) is 7.35. The molecule has 2 nitrogen and oxygen atoms in total. The number of nitrogens with zero attached hydrogens (tertiary/aromatic N) is 2. The van der Waals surface area contributed by atoms with Crippen molar-refractivity contribution < 1.29 is 4.39 Å². The van der Waals surface area contributed by atoms with Gasteiger partial charge in [0.1, 0.15) is 5.82 Å². The third-order valence-corrected chi connectivity index (χ3v) is 5.63. The first-order chi connectivity index (χ1) is 12.7. The summed E-state index contributed by atoms with van der Waals surface area (Å²) in [6.45, 7) is 9.38. The molecule has 0 spiro atoms. The number of fused-ring (bicyclic) bond motifs is 1. The Hall–Kier alpha value is -1.84. The molecule has 0 unspecified atom stereocenters. The first-order valence-corrected chi connectivity index (χ1v) is 9.79. The Morgan fingerprint density at radius 1 is 1.22 bits per heavy atom. The molecule has 142 valence electrons. The minimum absolute atomic E-state index is 0.149. The molecule has 0 aliphatic carbocycles. The Morgan fingerprint density at radius 2 is 1.96 bits per heavy atom. The number of halogens is 3. The van der Waals surface area contributed by atoms with Crippen molar-refractivity contribution >= 4 is 46.4 Å². The van der Waals surface area contributed by atoms with Gasteiger partial charge in [0.2, 0.25) is 0 Å². The molecule has 0 saturated heterocycles. The molecule has 27 heavy (non-hydrogen) atoms. The van der Waals surface area contributed by atoms with Crippen LogP contribution in [0.1, 0.15) is 45.2 Å². The zero-order valence-electron chi connectivity index (χ0n) is 16.0. The fourth-order valence-corrected chi connectivity index (χ4v) is 3.92. The van der Waals surface area contributed by atoms with Crippen LogP contribution in [0.2, 0.25) is 10.0 Å². The highest BCUT2D eigenvalue weighted by Crippen LogP contribution is 2.40. The average Bonchev–Trinajstić information content (AvgIpc) is 2.60. The average molecular weight is 405 g/mol. The van der Waals surface area contributed by atoms with Gasteiger partial charge in [-0.2, -0.15) is 0 Å². The van der Waals surface area contributed by atoms with Crippen molar-refractivity contribution in [2.45, 2.75) is 39.7 Å². The summed E-state index contributed by atoms with van der Waals surface area (Å²) in [5.74, 6) is -0.303. The molecule has 0 fully saturated rings. The van der Waals surface area contributed by atoms with Crippen molar-refractivity contribution in [1.29, 1.82) is 0 Å². The third kappa shape index (κ3) is 3.90. The maximum atomic E-state index is 14.9. The monoisotopic (exact) mass is 404 g/mol. The van der Waals surface area contributed by atoms with Crippen LogP contribution in [0, 0.1) is 5.82 Å². The molecular weight excluding hydrogens is 382 g/mol. The van der Waals surface area contributed by atoms with Crippen LogP contribution in [-0.4, -0.2) is 18.3 Å². The van der Waals surface area contributed by atoms with Crippen molar-refractivity contribution in [3.05, 3.63) is 63.4 Å². The predicted octanol–water partition coefficient (Wildman–Crippen LogP) is 7.30. The molecule has 0 atom stereocenters. The standard InChI is InChI=1S/C22H23Cl2FN2/c1-5-9-27-20-11-18(25)15(10-16(20)14(2)12-22(27,3)4)13-26-19-8-6-7-17(23)21(19)24/h6-8,10-13H,5,9H2,1-4H3. The summed E-state index contributed by atoms with van der Waals surface area (Å²) in [4.78, 5) is 6.60. The number of allylic oxidation sites excluding steroid dienone is 1. The van der Waals surface area contributed by atoms with Crippen molar-refractivity contribution in [3.8, 4) is 0 Å². The molecule has 0 amide bonds. The minimum Gasteiger partial charge on any atom is -0.362 e. The molecule has 0 bridgehead atoms. The molecule has 5 heteroatoms. The van der Waals surface area contributed by atoms with E-state index in [-0.39, 0.29) is 11.4 Å². The largest absolute Gasteiger partial charge is 0.362 e. The molecule has 3 rings (SSSR count). The number of hydrogen-bond acceptors (Lipinski definition) is 2. The van der Waals surface area contributed by atoms with Crippen LogP contribution in [0.4, 0.5) is 15.8 Å². The van der Waals surface area contributed by atoms with Gasteiger partial charge in [-0.3, -0.25) is 4.99 Å². The van der Waals surface area contributed by atoms with E-state index < -0.39 is 0 Å². The topological polar surface area (TPSA) is 15.6 Å². The molecule has 0 N–H and O–H groups in total. The van der Waals surface area contributed by atoms with Crippen molar-refractivity contribution in [3.63, 3.8) is 0 Å². The van der Waals surface area contributed by atoms with Gasteiger partial charge in [0.05, 0.1) is 21.3 Å². The summed E-state index contributed by atoms with van der Waals surface area (Å²) in [6.07, 6.45) is 4.73. The fraction of sp³-hybridized carbons (Fsp3) is 0.318. The van der Waals surface area contributed by atoms with E-state index in [1.54, 1.807) is 24.3 Å². The Balaban J connectivity index is 2.05. The minimum atomic E-state index is -0.303. The van der Waals surface area contributed by atoms with E-state index in [1.807, 2.05) is 6.07 Å². The van der Waals surface area contributed by atoms with Crippen LogP contribution in [0.15, 0.2) is 41.4 Å². The van der Waals surface area contributed by atoms with Crippen molar-refractivity contribution in [2.24, 2.45) is 4.99 Å². The highest BCUT2D eigenvalue weighted by molar-refractivity contribution is 6.43. The van der Waals surface area contributed by atoms with Gasteiger partial charge < -0.3 is 4.90 Å². The second-order valence-corrected chi connectivity index (χ2v) is 8.14. The number of benzene rings is 2. The summed E-state index contributed by atoms with van der Waals surface area (Å²) in [6, 6.07) is 8.68. The van der Waals surface area contributed by atoms with Gasteiger partial charge in [-0.15, -0.1) is 0 Å². The van der Waals surface area contributed by atoms with Crippen LogP contribution in [0.3, 0.4) is 0 Å². The molecule has 0 radical (unpaired) electrons. The number of aliphatic imine (C=N–C) groups is 1. The van der Waals surface area contributed by atoms with Gasteiger partial charge in [-0.1, -0.05) is 42.3 Å². The van der Waals surface area contributed by atoms with Gasteiger partial charge in [-0.25, -0.2) is 4.39 Å². The van der Waals surface area contributed by atoms with E-state index in [1.165, 1.54) is 6.21 Å². The summed E-state index contributed by atoms with van der Waals surface area (Å²) < 4.78 is 14.9. The third-order valence-electron chi connectivity index (χ3n) is 4.82. The molecular formula is C22H23Cl2FN2. The predicted molar refractivity (Wildman–Crippen MR) is 115 cm³/mol. The maximum absolute atomic E-state index is 14.9. The molecule has 1 heterocycles. The molecule has 1 aliphatic rings. The van der Waals surface area contributed by atoms with E-state index in [4.69, 9.17) is 23.2 Å². The van der Waals surface area contributed by atoms with Crippen LogP contribution >= 0.6 is 23.2 Å². The molecule has 1 aliphatic heterocycles. The lowest BCUT2D eigenvalue weighted by Gasteiger charge is -2.43. The van der Waals surface area contributed by atoms with E-state index in [9.17, 15) is 4.39 Å². The quantitative estimate of drug-likeness (QED) is 0.488. The molecule has 2 aromatic carbocycles. The number of rotatable bonds is 4. The van der Waals surface area contributed by atoms with E-state index in [2.05, 4.69) is 43.7 Å². The van der Waals surface area contributed by atoms with E-state index in [0.717, 1.165) is 29.8 Å². The van der Waals surface area contributed by atoms with Crippen LogP contribution in [0.25, 0.3) is 5.57 Å². The van der Waals surface area contributed by atoms with Gasteiger partial charge >= 0.3 is 0 Å². The molecule has 0 aromatic heterocycles. The molecule has 0 saturated carbocycles. The van der Waals surface area contributed by atoms with E-state index >= 15 is 0 Å². The van der Waals surface area contributed by atoms with Gasteiger partial charge in [0.25, 0.3) is 0 Å². The Labute approximate surface area is 170 Å². The Bertz CT molecular complexity index is 932. The summed E-state index contributed by atoms with van der Waals surface area (Å²) >= 11 is 12.2. The second kappa shape index (κ2) is 7.65. The summed E-state index contributed by atoms with van der Waals surface area (Å²) in [5, 5.41) is 0.786. The molecule has 2 aromatic rings.